The Labute approximate surface area is 138 Å². The number of hydrogen-bond donors (Lipinski definition) is 1. The van der Waals surface area contributed by atoms with Crippen LogP contribution < -0.4 is 24.7 Å². The molecule has 0 unspecified atom stereocenters. The molecule has 0 aromatic heterocycles. The summed E-state index contributed by atoms with van der Waals surface area (Å²) in [6.45, 7) is 0.158. The van der Waals surface area contributed by atoms with Crippen LogP contribution in [0.2, 0.25) is 0 Å². The Hall–Kier alpha value is -3.33. The van der Waals surface area contributed by atoms with Crippen molar-refractivity contribution in [3.63, 3.8) is 0 Å². The molecule has 0 fully saturated rings. The minimum Gasteiger partial charge on any atom is -0.496 e. The van der Waals surface area contributed by atoms with E-state index in [0.717, 1.165) is 11.1 Å². The molecule has 2 aromatic rings. The normalized spacial score (nSPS) is 17.8. The number of para-hydroxylation sites is 1. The monoisotopic (exact) mass is 322 g/mol. The van der Waals surface area contributed by atoms with Crippen LogP contribution in [0.3, 0.4) is 0 Å². The van der Waals surface area contributed by atoms with E-state index in [1.807, 2.05) is 30.3 Å². The first-order valence-corrected chi connectivity index (χ1v) is 7.37. The second kappa shape index (κ2) is 5.39. The lowest BCUT2D eigenvalue weighted by atomic mass is 9.83. The molecule has 2 heterocycles. The van der Waals surface area contributed by atoms with Crippen LogP contribution in [0.5, 0.6) is 23.0 Å². The van der Waals surface area contributed by atoms with Crippen molar-refractivity contribution < 1.29 is 18.9 Å². The summed E-state index contributed by atoms with van der Waals surface area (Å²) in [6, 6.07) is 13.3. The fourth-order valence-corrected chi connectivity index (χ4v) is 3.07. The van der Waals surface area contributed by atoms with Gasteiger partial charge in [-0.2, -0.15) is 5.26 Å². The van der Waals surface area contributed by atoms with Gasteiger partial charge in [0.15, 0.2) is 11.5 Å². The van der Waals surface area contributed by atoms with Crippen LogP contribution in [-0.2, 0) is 0 Å². The van der Waals surface area contributed by atoms with Crippen LogP contribution in [0, 0.1) is 11.3 Å². The minimum absolute atomic E-state index is 0.0831. The molecule has 0 saturated carbocycles. The van der Waals surface area contributed by atoms with Crippen LogP contribution in [-0.4, -0.2) is 13.9 Å². The standard InChI is InChI=1S/C18H14N2O4/c1-21-13-5-3-2-4-10(13)17-11-6-15-16(23-9-22-15)7-14(11)24-18(20)12(17)8-19/h2-7,17H,9,20H2,1H3/t17-/m0/s1. The van der Waals surface area contributed by atoms with Crippen molar-refractivity contribution in [1.82, 2.24) is 0 Å². The highest BCUT2D eigenvalue weighted by atomic mass is 16.7. The van der Waals surface area contributed by atoms with Gasteiger partial charge < -0.3 is 24.7 Å². The van der Waals surface area contributed by atoms with E-state index >= 15 is 0 Å². The van der Waals surface area contributed by atoms with Crippen molar-refractivity contribution >= 4 is 0 Å². The molecule has 4 rings (SSSR count). The Kier molecular flexibility index (Phi) is 3.21. The minimum atomic E-state index is -0.399. The second-order valence-electron chi connectivity index (χ2n) is 5.41. The summed E-state index contributed by atoms with van der Waals surface area (Å²) >= 11 is 0. The summed E-state index contributed by atoms with van der Waals surface area (Å²) in [5.41, 5.74) is 7.95. The number of rotatable bonds is 2. The summed E-state index contributed by atoms with van der Waals surface area (Å²) in [7, 11) is 1.60. The van der Waals surface area contributed by atoms with Crippen LogP contribution in [0.4, 0.5) is 0 Å². The van der Waals surface area contributed by atoms with Gasteiger partial charge in [0, 0.05) is 17.2 Å². The van der Waals surface area contributed by atoms with Crippen molar-refractivity contribution in [2.45, 2.75) is 5.92 Å². The van der Waals surface area contributed by atoms with Gasteiger partial charge in [0.1, 0.15) is 23.1 Å². The largest absolute Gasteiger partial charge is 0.496 e. The molecule has 0 aliphatic carbocycles. The molecule has 0 amide bonds. The molecule has 24 heavy (non-hydrogen) atoms. The number of allylic oxidation sites excluding steroid dienone is 1. The van der Waals surface area contributed by atoms with Crippen molar-refractivity contribution in [3.05, 3.63) is 59.0 Å². The van der Waals surface area contributed by atoms with Crippen molar-refractivity contribution in [1.29, 1.82) is 5.26 Å². The first-order chi connectivity index (χ1) is 11.7. The molecule has 6 heteroatoms. The van der Waals surface area contributed by atoms with Gasteiger partial charge in [-0.25, -0.2) is 0 Å². The summed E-state index contributed by atoms with van der Waals surface area (Å²) in [5, 5.41) is 9.61. The van der Waals surface area contributed by atoms with E-state index in [2.05, 4.69) is 6.07 Å². The van der Waals surface area contributed by atoms with Crippen molar-refractivity contribution in [3.8, 4) is 29.1 Å². The molecule has 0 spiro atoms. The first-order valence-electron chi connectivity index (χ1n) is 7.37. The molecular formula is C18H14N2O4. The SMILES string of the molecule is COc1ccccc1[C@@H]1C(C#N)=C(N)Oc2cc3c(cc21)OCO3. The van der Waals surface area contributed by atoms with Crippen LogP contribution in [0.1, 0.15) is 17.0 Å². The summed E-state index contributed by atoms with van der Waals surface area (Å²) in [5.74, 6) is 2.13. The number of hydrogen-bond acceptors (Lipinski definition) is 6. The maximum absolute atomic E-state index is 9.61. The van der Waals surface area contributed by atoms with Gasteiger partial charge in [-0.15, -0.1) is 0 Å². The Morgan fingerprint density at radius 1 is 1.12 bits per heavy atom. The molecule has 6 nitrogen and oxygen atoms in total. The Morgan fingerprint density at radius 2 is 1.88 bits per heavy atom. The predicted octanol–water partition coefficient (Wildman–Crippen LogP) is 2.64. The summed E-state index contributed by atoms with van der Waals surface area (Å²) < 4.78 is 22.0. The van der Waals surface area contributed by atoms with E-state index in [1.54, 1.807) is 13.2 Å². The molecule has 0 saturated heterocycles. The van der Waals surface area contributed by atoms with E-state index in [4.69, 9.17) is 24.7 Å². The number of fused-ring (bicyclic) bond motifs is 2. The van der Waals surface area contributed by atoms with Gasteiger partial charge in [-0.3, -0.25) is 0 Å². The summed E-state index contributed by atoms with van der Waals surface area (Å²) in [4.78, 5) is 0. The van der Waals surface area contributed by atoms with Gasteiger partial charge in [0.2, 0.25) is 12.7 Å². The number of nitrogens with two attached hydrogens (primary N) is 1. The number of nitrogens with zero attached hydrogens (tertiary/aromatic N) is 1. The molecular weight excluding hydrogens is 308 g/mol. The third kappa shape index (κ3) is 2.02. The van der Waals surface area contributed by atoms with Gasteiger partial charge in [0.25, 0.3) is 0 Å². The predicted molar refractivity (Wildman–Crippen MR) is 84.9 cm³/mol. The number of benzene rings is 2. The van der Waals surface area contributed by atoms with E-state index in [-0.39, 0.29) is 12.7 Å². The Balaban J connectivity index is 1.96. The Morgan fingerprint density at radius 3 is 2.62 bits per heavy atom. The highest BCUT2D eigenvalue weighted by molar-refractivity contribution is 5.62. The number of nitriles is 1. The molecule has 2 N–H and O–H groups in total. The highest BCUT2D eigenvalue weighted by Crippen LogP contribution is 2.49. The van der Waals surface area contributed by atoms with E-state index < -0.39 is 5.92 Å². The molecule has 0 bridgehead atoms. The highest BCUT2D eigenvalue weighted by Gasteiger charge is 2.34. The van der Waals surface area contributed by atoms with Crippen LogP contribution >= 0.6 is 0 Å². The first kappa shape index (κ1) is 14.3. The fourth-order valence-electron chi connectivity index (χ4n) is 3.07. The van der Waals surface area contributed by atoms with Gasteiger partial charge >= 0.3 is 0 Å². The molecule has 2 aromatic carbocycles. The topological polar surface area (TPSA) is 86.7 Å². The van der Waals surface area contributed by atoms with Gasteiger partial charge in [-0.05, 0) is 12.1 Å². The van der Waals surface area contributed by atoms with Gasteiger partial charge in [0.05, 0.1) is 13.0 Å². The lowest BCUT2D eigenvalue weighted by Crippen LogP contribution is -2.21. The van der Waals surface area contributed by atoms with Gasteiger partial charge in [-0.1, -0.05) is 18.2 Å². The molecule has 0 radical (unpaired) electrons. The van der Waals surface area contributed by atoms with Crippen molar-refractivity contribution in [2.24, 2.45) is 5.73 Å². The smallest absolute Gasteiger partial charge is 0.231 e. The van der Waals surface area contributed by atoms with E-state index in [9.17, 15) is 5.26 Å². The molecule has 2 aliphatic heterocycles. The molecule has 120 valence electrons. The average Bonchev–Trinajstić information content (AvgIpc) is 3.06. The summed E-state index contributed by atoms with van der Waals surface area (Å²) in [6.07, 6.45) is 0. The number of methoxy groups -OCH3 is 1. The number of ether oxygens (including phenoxy) is 4. The Bertz CT molecular complexity index is 898. The second-order valence-corrected chi connectivity index (χ2v) is 5.41. The van der Waals surface area contributed by atoms with E-state index in [0.29, 0.717) is 28.6 Å². The third-order valence-electron chi connectivity index (χ3n) is 4.16. The lowest BCUT2D eigenvalue weighted by molar-refractivity contribution is 0.174. The fraction of sp³-hybridized carbons (Fsp3) is 0.167. The zero-order valence-electron chi connectivity index (χ0n) is 12.9. The maximum atomic E-state index is 9.61. The van der Waals surface area contributed by atoms with Crippen LogP contribution in [0.25, 0.3) is 0 Å². The molecule has 1 atom stereocenters. The lowest BCUT2D eigenvalue weighted by Gasteiger charge is -2.27. The quantitative estimate of drug-likeness (QED) is 0.914. The average molecular weight is 322 g/mol. The van der Waals surface area contributed by atoms with Crippen molar-refractivity contribution in [2.75, 3.05) is 13.9 Å². The zero-order chi connectivity index (χ0) is 16.7. The molecule has 2 aliphatic rings. The zero-order valence-corrected chi connectivity index (χ0v) is 12.9. The third-order valence-corrected chi connectivity index (χ3v) is 4.16. The van der Waals surface area contributed by atoms with Crippen LogP contribution in [0.15, 0.2) is 47.9 Å². The maximum Gasteiger partial charge on any atom is 0.231 e. The van der Waals surface area contributed by atoms with E-state index in [1.165, 1.54) is 0 Å².